The molecule has 0 saturated carbocycles. The minimum Gasteiger partial charge on any atom is -0.398 e. The minimum absolute atomic E-state index is 0.215. The summed E-state index contributed by atoms with van der Waals surface area (Å²) in [5.74, 6) is 1.75. The van der Waals surface area contributed by atoms with Gasteiger partial charge in [0.25, 0.3) is 0 Å². The van der Waals surface area contributed by atoms with Crippen molar-refractivity contribution in [3.05, 3.63) is 34.8 Å². The smallest absolute Gasteiger partial charge is 0.128 e. The first-order valence-electron chi connectivity index (χ1n) is 5.61. The van der Waals surface area contributed by atoms with Crippen LogP contribution in [0.3, 0.4) is 0 Å². The van der Waals surface area contributed by atoms with Crippen LogP contribution in [0.15, 0.2) is 12.1 Å². The highest BCUT2D eigenvalue weighted by atomic mass is 32.2. The number of nitrogen functional groups attached to an aromatic ring is 1. The Morgan fingerprint density at radius 2 is 2.24 bits per heavy atom. The standard InChI is InChI=1S/C13H13FN2S/c1-7-4-9-11(5-10(7)14)16-12-6-17-3-2-8(12)13(9)15/h4-5H,2-3,6H2,1H3,(H2,15,16). The molecule has 17 heavy (non-hydrogen) atoms. The van der Waals surface area contributed by atoms with Gasteiger partial charge >= 0.3 is 0 Å². The molecule has 0 saturated heterocycles. The molecular formula is C13H13FN2S. The summed E-state index contributed by atoms with van der Waals surface area (Å²) in [6.07, 6.45) is 0.963. The lowest BCUT2D eigenvalue weighted by Gasteiger charge is -2.18. The molecule has 0 bridgehead atoms. The van der Waals surface area contributed by atoms with E-state index in [0.29, 0.717) is 11.1 Å². The Hall–Kier alpha value is -1.29. The molecule has 0 fully saturated rings. The van der Waals surface area contributed by atoms with Crippen molar-refractivity contribution in [1.82, 2.24) is 4.98 Å². The summed E-state index contributed by atoms with van der Waals surface area (Å²) < 4.78 is 13.5. The average Bonchev–Trinajstić information content (AvgIpc) is 2.32. The van der Waals surface area contributed by atoms with Gasteiger partial charge in [-0.2, -0.15) is 11.8 Å². The van der Waals surface area contributed by atoms with E-state index in [0.717, 1.165) is 40.3 Å². The molecule has 2 aromatic rings. The van der Waals surface area contributed by atoms with Crippen molar-refractivity contribution < 1.29 is 4.39 Å². The van der Waals surface area contributed by atoms with Crippen molar-refractivity contribution in [2.24, 2.45) is 0 Å². The van der Waals surface area contributed by atoms with Crippen LogP contribution in [0.4, 0.5) is 10.1 Å². The summed E-state index contributed by atoms with van der Waals surface area (Å²) in [4.78, 5) is 4.54. The fourth-order valence-corrected chi connectivity index (χ4v) is 3.18. The molecule has 88 valence electrons. The number of aromatic nitrogens is 1. The minimum atomic E-state index is -0.215. The molecule has 0 unspecified atom stereocenters. The van der Waals surface area contributed by atoms with Gasteiger partial charge in [0.15, 0.2) is 0 Å². The third kappa shape index (κ3) is 1.67. The number of pyridine rings is 1. The number of thioether (sulfide) groups is 1. The molecular weight excluding hydrogens is 235 g/mol. The Morgan fingerprint density at radius 3 is 3.06 bits per heavy atom. The fraction of sp³-hybridized carbons (Fsp3) is 0.308. The van der Waals surface area contributed by atoms with Crippen LogP contribution in [0.5, 0.6) is 0 Å². The Labute approximate surface area is 103 Å². The molecule has 0 radical (unpaired) electrons. The van der Waals surface area contributed by atoms with E-state index in [4.69, 9.17) is 5.73 Å². The molecule has 2 nitrogen and oxygen atoms in total. The Balaban J connectivity index is 2.36. The van der Waals surface area contributed by atoms with E-state index < -0.39 is 0 Å². The first kappa shape index (κ1) is 10.8. The lowest BCUT2D eigenvalue weighted by Crippen LogP contribution is -2.09. The molecule has 1 aromatic heterocycles. The van der Waals surface area contributed by atoms with Gasteiger partial charge in [-0.3, -0.25) is 4.98 Å². The number of nitrogens with zero attached hydrogens (tertiary/aromatic N) is 1. The molecule has 1 aliphatic rings. The molecule has 1 aromatic carbocycles. The predicted octanol–water partition coefficient (Wildman–Crippen LogP) is 3.05. The Bertz CT molecular complexity index is 610. The number of anilines is 1. The lowest BCUT2D eigenvalue weighted by molar-refractivity contribution is 0.620. The number of hydrogen-bond acceptors (Lipinski definition) is 3. The maximum atomic E-state index is 13.5. The third-order valence-corrected chi connectivity index (χ3v) is 4.20. The second kappa shape index (κ2) is 3.88. The Kier molecular flexibility index (Phi) is 2.47. The van der Waals surface area contributed by atoms with Crippen LogP contribution in [0.2, 0.25) is 0 Å². The van der Waals surface area contributed by atoms with Crippen LogP contribution in [-0.2, 0) is 12.2 Å². The van der Waals surface area contributed by atoms with Crippen LogP contribution in [0, 0.1) is 12.7 Å². The second-order valence-corrected chi connectivity index (χ2v) is 5.48. The molecule has 0 spiro atoms. The van der Waals surface area contributed by atoms with Gasteiger partial charge in [-0.05, 0) is 36.3 Å². The average molecular weight is 248 g/mol. The van der Waals surface area contributed by atoms with Crippen molar-refractivity contribution in [3.8, 4) is 0 Å². The van der Waals surface area contributed by atoms with Gasteiger partial charge in [0.05, 0.1) is 11.2 Å². The summed E-state index contributed by atoms with van der Waals surface area (Å²) in [6.45, 7) is 1.75. The van der Waals surface area contributed by atoms with Gasteiger partial charge < -0.3 is 5.73 Å². The SMILES string of the molecule is Cc1cc2c(N)c3c(nc2cc1F)CSCC3. The molecule has 2 N–H and O–H groups in total. The molecule has 0 atom stereocenters. The van der Waals surface area contributed by atoms with Gasteiger partial charge in [0.1, 0.15) is 5.82 Å². The van der Waals surface area contributed by atoms with Gasteiger partial charge in [0, 0.05) is 22.9 Å². The highest BCUT2D eigenvalue weighted by Gasteiger charge is 2.17. The monoisotopic (exact) mass is 248 g/mol. The molecule has 3 rings (SSSR count). The van der Waals surface area contributed by atoms with Gasteiger partial charge in [-0.25, -0.2) is 4.39 Å². The zero-order chi connectivity index (χ0) is 12.0. The number of halogens is 1. The number of benzene rings is 1. The predicted molar refractivity (Wildman–Crippen MR) is 70.7 cm³/mol. The largest absolute Gasteiger partial charge is 0.398 e. The maximum absolute atomic E-state index is 13.5. The topological polar surface area (TPSA) is 38.9 Å². The normalized spacial score (nSPS) is 14.9. The van der Waals surface area contributed by atoms with E-state index in [-0.39, 0.29) is 5.82 Å². The number of aryl methyl sites for hydroxylation is 1. The number of rotatable bonds is 0. The summed E-state index contributed by atoms with van der Waals surface area (Å²) in [7, 11) is 0. The van der Waals surface area contributed by atoms with Crippen LogP contribution < -0.4 is 5.73 Å². The highest BCUT2D eigenvalue weighted by molar-refractivity contribution is 7.98. The summed E-state index contributed by atoms with van der Waals surface area (Å²) in [5.41, 5.74) is 10.4. The van der Waals surface area contributed by atoms with Crippen LogP contribution in [0.1, 0.15) is 16.8 Å². The van der Waals surface area contributed by atoms with E-state index in [1.807, 2.05) is 11.8 Å². The molecule has 4 heteroatoms. The highest BCUT2D eigenvalue weighted by Crippen LogP contribution is 2.33. The van der Waals surface area contributed by atoms with E-state index in [1.54, 1.807) is 13.0 Å². The summed E-state index contributed by atoms with van der Waals surface area (Å²) >= 11 is 1.85. The summed E-state index contributed by atoms with van der Waals surface area (Å²) in [5, 5.41) is 0.884. The van der Waals surface area contributed by atoms with Crippen molar-refractivity contribution >= 4 is 28.4 Å². The van der Waals surface area contributed by atoms with Gasteiger partial charge in [-0.1, -0.05) is 0 Å². The van der Waals surface area contributed by atoms with Crippen molar-refractivity contribution in [2.45, 2.75) is 19.1 Å². The molecule has 1 aliphatic heterocycles. The van der Waals surface area contributed by atoms with E-state index in [9.17, 15) is 4.39 Å². The van der Waals surface area contributed by atoms with Crippen molar-refractivity contribution in [2.75, 3.05) is 11.5 Å². The zero-order valence-corrected chi connectivity index (χ0v) is 10.4. The van der Waals surface area contributed by atoms with Crippen LogP contribution in [-0.4, -0.2) is 10.7 Å². The zero-order valence-electron chi connectivity index (χ0n) is 9.59. The second-order valence-electron chi connectivity index (χ2n) is 4.37. The summed E-state index contributed by atoms with van der Waals surface area (Å²) in [6, 6.07) is 3.29. The molecule has 0 amide bonds. The number of nitrogens with two attached hydrogens (primary N) is 1. The fourth-order valence-electron chi connectivity index (χ4n) is 2.25. The van der Waals surface area contributed by atoms with Crippen molar-refractivity contribution in [3.63, 3.8) is 0 Å². The number of fused-ring (bicyclic) bond motifs is 2. The van der Waals surface area contributed by atoms with Gasteiger partial charge in [0.2, 0.25) is 0 Å². The van der Waals surface area contributed by atoms with Crippen molar-refractivity contribution in [1.29, 1.82) is 0 Å². The molecule has 2 heterocycles. The van der Waals surface area contributed by atoms with E-state index in [2.05, 4.69) is 4.98 Å². The van der Waals surface area contributed by atoms with Gasteiger partial charge in [-0.15, -0.1) is 0 Å². The van der Waals surface area contributed by atoms with E-state index >= 15 is 0 Å². The number of hydrogen-bond donors (Lipinski definition) is 1. The first-order valence-corrected chi connectivity index (χ1v) is 6.77. The third-order valence-electron chi connectivity index (χ3n) is 3.23. The lowest BCUT2D eigenvalue weighted by atomic mass is 10.0. The van der Waals surface area contributed by atoms with Crippen LogP contribution in [0.25, 0.3) is 10.9 Å². The quantitative estimate of drug-likeness (QED) is 0.778. The van der Waals surface area contributed by atoms with E-state index in [1.165, 1.54) is 6.07 Å². The molecule has 0 aliphatic carbocycles. The first-order chi connectivity index (χ1) is 8.16. The van der Waals surface area contributed by atoms with Crippen LogP contribution >= 0.6 is 11.8 Å². The maximum Gasteiger partial charge on any atom is 0.128 e. The Morgan fingerprint density at radius 1 is 1.41 bits per heavy atom.